The van der Waals surface area contributed by atoms with Crippen LogP contribution in [-0.4, -0.2) is 46.1 Å². The lowest BCUT2D eigenvalue weighted by atomic mass is 10.2. The van der Waals surface area contributed by atoms with Gasteiger partial charge in [0, 0.05) is 31.5 Å². The molecule has 0 aliphatic carbocycles. The van der Waals surface area contributed by atoms with Crippen molar-refractivity contribution in [2.75, 3.05) is 19.6 Å². The van der Waals surface area contributed by atoms with Crippen molar-refractivity contribution in [3.05, 3.63) is 18.2 Å². The largest absolute Gasteiger partial charge is 0.370 e. The third kappa shape index (κ3) is 6.29. The molecule has 6 nitrogen and oxygen atoms in total. The van der Waals surface area contributed by atoms with Gasteiger partial charge in [-0.1, -0.05) is 20.8 Å². The van der Waals surface area contributed by atoms with E-state index in [0.29, 0.717) is 24.5 Å². The first-order valence-corrected chi connectivity index (χ1v) is 8.38. The summed E-state index contributed by atoms with van der Waals surface area (Å²) in [5.41, 5.74) is 5.99. The number of imidazole rings is 1. The van der Waals surface area contributed by atoms with Gasteiger partial charge in [-0.3, -0.25) is 4.90 Å². The number of likely N-dealkylation sites (N-methyl/N-ethyl adjacent to an activating group) is 1. The number of hydrogen-bond acceptors (Lipinski definition) is 3. The summed E-state index contributed by atoms with van der Waals surface area (Å²) >= 11 is 0. The van der Waals surface area contributed by atoms with Crippen molar-refractivity contribution >= 4 is 29.9 Å². The quantitative estimate of drug-likeness (QED) is 0.392. The number of halogens is 1. The Bertz CT molecular complexity index is 485. The van der Waals surface area contributed by atoms with Gasteiger partial charge in [-0.15, -0.1) is 24.0 Å². The summed E-state index contributed by atoms with van der Waals surface area (Å²) < 4.78 is 2.15. The van der Waals surface area contributed by atoms with E-state index < -0.39 is 0 Å². The Kier molecular flexibility index (Phi) is 8.90. The molecule has 1 aromatic rings. The van der Waals surface area contributed by atoms with E-state index in [1.165, 1.54) is 19.4 Å². The van der Waals surface area contributed by atoms with Crippen molar-refractivity contribution in [3.63, 3.8) is 0 Å². The molecule has 1 fully saturated rings. The minimum atomic E-state index is 0. The van der Waals surface area contributed by atoms with E-state index in [1.54, 1.807) is 0 Å². The highest BCUT2D eigenvalue weighted by atomic mass is 127. The zero-order valence-electron chi connectivity index (χ0n) is 14.5. The Morgan fingerprint density at radius 3 is 3.00 bits per heavy atom. The Hall–Kier alpha value is -0.830. The van der Waals surface area contributed by atoms with Gasteiger partial charge in [-0.2, -0.15) is 0 Å². The predicted octanol–water partition coefficient (Wildman–Crippen LogP) is 2.05. The summed E-state index contributed by atoms with van der Waals surface area (Å²) in [6.45, 7) is 11.3. The minimum absolute atomic E-state index is 0. The van der Waals surface area contributed by atoms with Crippen LogP contribution in [0.3, 0.4) is 0 Å². The van der Waals surface area contributed by atoms with Gasteiger partial charge in [0.1, 0.15) is 12.4 Å². The number of nitrogens with two attached hydrogens (primary N) is 1. The average Bonchev–Trinajstić information content (AvgIpc) is 3.11. The van der Waals surface area contributed by atoms with E-state index in [9.17, 15) is 0 Å². The van der Waals surface area contributed by atoms with E-state index in [1.807, 2.05) is 12.4 Å². The average molecular weight is 434 g/mol. The van der Waals surface area contributed by atoms with Crippen LogP contribution in [0.15, 0.2) is 17.4 Å². The Balaban J connectivity index is 0.00000264. The van der Waals surface area contributed by atoms with Crippen LogP contribution in [0.1, 0.15) is 39.4 Å². The van der Waals surface area contributed by atoms with Gasteiger partial charge in [0.15, 0.2) is 5.96 Å². The molecule has 2 heterocycles. The van der Waals surface area contributed by atoms with E-state index in [-0.39, 0.29) is 24.0 Å². The zero-order valence-corrected chi connectivity index (χ0v) is 16.9. The second-order valence-corrected chi connectivity index (χ2v) is 6.40. The molecule has 7 heteroatoms. The van der Waals surface area contributed by atoms with Crippen molar-refractivity contribution in [2.45, 2.75) is 52.7 Å². The molecule has 1 aromatic heterocycles. The van der Waals surface area contributed by atoms with Gasteiger partial charge < -0.3 is 15.6 Å². The van der Waals surface area contributed by atoms with Gasteiger partial charge in [0.05, 0.1) is 0 Å². The molecule has 0 aromatic carbocycles. The fourth-order valence-electron chi connectivity index (χ4n) is 3.03. The van der Waals surface area contributed by atoms with Crippen molar-refractivity contribution in [3.8, 4) is 0 Å². The predicted molar refractivity (Wildman–Crippen MR) is 106 cm³/mol. The molecule has 132 valence electrons. The third-order valence-corrected chi connectivity index (χ3v) is 4.18. The maximum absolute atomic E-state index is 5.99. The van der Waals surface area contributed by atoms with E-state index in [0.717, 1.165) is 25.5 Å². The molecule has 1 aliphatic rings. The lowest BCUT2D eigenvalue weighted by Crippen LogP contribution is -2.42. The summed E-state index contributed by atoms with van der Waals surface area (Å²) in [5.74, 6) is 2.08. The summed E-state index contributed by atoms with van der Waals surface area (Å²) in [4.78, 5) is 11.3. The molecular formula is C16H31IN6. The first kappa shape index (κ1) is 20.2. The fraction of sp³-hybridized carbons (Fsp3) is 0.750. The van der Waals surface area contributed by atoms with E-state index in [2.05, 4.69) is 45.5 Å². The van der Waals surface area contributed by atoms with E-state index in [4.69, 9.17) is 5.73 Å². The van der Waals surface area contributed by atoms with Gasteiger partial charge in [-0.25, -0.2) is 9.98 Å². The summed E-state index contributed by atoms with van der Waals surface area (Å²) in [6.07, 6.45) is 6.36. The molecule has 1 saturated heterocycles. The number of aliphatic imine (C=N–C) groups is 1. The monoisotopic (exact) mass is 434 g/mol. The molecule has 2 rings (SSSR count). The molecule has 0 saturated carbocycles. The summed E-state index contributed by atoms with van der Waals surface area (Å²) in [6, 6.07) is 0.585. The third-order valence-electron chi connectivity index (χ3n) is 4.18. The normalized spacial score (nSPS) is 19.1. The first-order valence-electron chi connectivity index (χ1n) is 8.38. The Labute approximate surface area is 156 Å². The maximum atomic E-state index is 5.99. The van der Waals surface area contributed by atoms with Crippen LogP contribution in [0, 0.1) is 5.92 Å². The van der Waals surface area contributed by atoms with Crippen LogP contribution in [0.5, 0.6) is 0 Å². The van der Waals surface area contributed by atoms with Gasteiger partial charge in [0.2, 0.25) is 0 Å². The van der Waals surface area contributed by atoms with Crippen LogP contribution in [0.2, 0.25) is 0 Å². The highest BCUT2D eigenvalue weighted by molar-refractivity contribution is 14.0. The van der Waals surface area contributed by atoms with Gasteiger partial charge in [0.25, 0.3) is 0 Å². The first-order chi connectivity index (χ1) is 10.6. The van der Waals surface area contributed by atoms with Crippen LogP contribution in [0.4, 0.5) is 0 Å². The molecule has 1 aliphatic heterocycles. The van der Waals surface area contributed by atoms with Crippen LogP contribution in [0.25, 0.3) is 0 Å². The maximum Gasteiger partial charge on any atom is 0.189 e. The van der Waals surface area contributed by atoms with Crippen LogP contribution in [-0.2, 0) is 13.1 Å². The molecule has 23 heavy (non-hydrogen) atoms. The topological polar surface area (TPSA) is 71.5 Å². The molecule has 0 spiro atoms. The lowest BCUT2D eigenvalue weighted by molar-refractivity contribution is 0.267. The van der Waals surface area contributed by atoms with Crippen LogP contribution < -0.4 is 11.1 Å². The van der Waals surface area contributed by atoms with Gasteiger partial charge >= 0.3 is 0 Å². The number of guanidine groups is 1. The van der Waals surface area contributed by atoms with Crippen molar-refractivity contribution < 1.29 is 0 Å². The summed E-state index contributed by atoms with van der Waals surface area (Å²) in [7, 11) is 0. The SMILES string of the molecule is CCN1CCCC1CNC(N)=NCc1nccn1CC(C)C.I. The smallest absolute Gasteiger partial charge is 0.189 e. The fourth-order valence-corrected chi connectivity index (χ4v) is 3.03. The molecule has 1 atom stereocenters. The molecule has 0 amide bonds. The van der Waals surface area contributed by atoms with E-state index >= 15 is 0 Å². The second-order valence-electron chi connectivity index (χ2n) is 6.40. The number of rotatable bonds is 7. The van der Waals surface area contributed by atoms with Crippen molar-refractivity contribution in [2.24, 2.45) is 16.6 Å². The molecule has 0 radical (unpaired) electrons. The Morgan fingerprint density at radius 1 is 1.52 bits per heavy atom. The molecule has 1 unspecified atom stereocenters. The van der Waals surface area contributed by atoms with Crippen LogP contribution >= 0.6 is 24.0 Å². The number of nitrogens with one attached hydrogen (secondary N) is 1. The molecular weight excluding hydrogens is 403 g/mol. The zero-order chi connectivity index (χ0) is 15.9. The molecule has 3 N–H and O–H groups in total. The second kappa shape index (κ2) is 10.1. The standard InChI is InChI=1S/C16H30N6.HI/c1-4-21-8-5-6-14(21)10-19-16(17)20-11-15-18-7-9-22(15)12-13(2)3;/h7,9,13-14H,4-6,8,10-12H2,1-3H3,(H3,17,19,20);1H. The van der Waals surface area contributed by atoms with Gasteiger partial charge in [-0.05, 0) is 31.8 Å². The molecule has 0 bridgehead atoms. The lowest BCUT2D eigenvalue weighted by Gasteiger charge is -2.23. The van der Waals surface area contributed by atoms with Crippen molar-refractivity contribution in [1.82, 2.24) is 19.8 Å². The minimum Gasteiger partial charge on any atom is -0.370 e. The number of hydrogen-bond donors (Lipinski definition) is 2. The number of likely N-dealkylation sites (tertiary alicyclic amines) is 1. The summed E-state index contributed by atoms with van der Waals surface area (Å²) in [5, 5.41) is 3.26. The highest BCUT2D eigenvalue weighted by Gasteiger charge is 2.22. The highest BCUT2D eigenvalue weighted by Crippen LogP contribution is 2.15. The Morgan fingerprint density at radius 2 is 2.30 bits per heavy atom. The van der Waals surface area contributed by atoms with Crippen molar-refractivity contribution in [1.29, 1.82) is 0 Å². The number of nitrogens with zero attached hydrogens (tertiary/aromatic N) is 4. The number of aromatic nitrogens is 2.